The number of hydrogen-bond donors (Lipinski definition) is 5. The molecule has 0 radical (unpaired) electrons. The van der Waals surface area contributed by atoms with Crippen LogP contribution in [-0.4, -0.2) is 71.8 Å². The molecule has 0 amide bonds. The van der Waals surface area contributed by atoms with Gasteiger partial charge in [0.1, 0.15) is 0 Å². The molecule has 2 saturated heterocycles. The van der Waals surface area contributed by atoms with E-state index >= 15 is 0 Å². The molecule has 26 heavy (non-hydrogen) atoms. The van der Waals surface area contributed by atoms with Gasteiger partial charge in [0, 0.05) is 56.9 Å². The third kappa shape index (κ3) is 4.58. The minimum absolute atomic E-state index is 0.000353. The fraction of sp³-hybridized carbons (Fsp3) is 0.688. The second kappa shape index (κ2) is 8.12. The van der Waals surface area contributed by atoms with Gasteiger partial charge in [-0.3, -0.25) is 0 Å². The van der Waals surface area contributed by atoms with E-state index in [1.54, 1.807) is 6.08 Å². The molecule has 9 N–H and O–H groups in total. The summed E-state index contributed by atoms with van der Waals surface area (Å²) >= 11 is 0. The Bertz CT molecular complexity index is 559. The van der Waals surface area contributed by atoms with Crippen LogP contribution in [-0.2, 0) is 0 Å². The maximum Gasteiger partial charge on any atom is 0.232 e. The second-order valence-electron chi connectivity index (χ2n) is 7.25. The number of nitrogens with two attached hydrogens (primary N) is 4. The first kappa shape index (κ1) is 18.8. The van der Waals surface area contributed by atoms with E-state index in [2.05, 4.69) is 26.8 Å². The van der Waals surface area contributed by atoms with Crippen LogP contribution in [0.25, 0.3) is 0 Å². The first-order valence-electron chi connectivity index (χ1n) is 9.07. The Kier molecular flexibility index (Phi) is 5.87. The van der Waals surface area contributed by atoms with E-state index in [0.717, 1.165) is 12.8 Å². The highest BCUT2D eigenvalue weighted by Crippen LogP contribution is 2.22. The van der Waals surface area contributed by atoms with Gasteiger partial charge in [-0.2, -0.15) is 15.0 Å². The summed E-state index contributed by atoms with van der Waals surface area (Å²) in [7, 11) is 0. The molecular weight excluding hydrogens is 332 g/mol. The summed E-state index contributed by atoms with van der Waals surface area (Å²) in [5, 5.41) is 3.14. The molecule has 0 saturated carbocycles. The predicted octanol–water partition coefficient (Wildman–Crippen LogP) is -1.80. The highest BCUT2D eigenvalue weighted by atomic mass is 15.4. The van der Waals surface area contributed by atoms with E-state index in [4.69, 9.17) is 22.9 Å². The zero-order chi connectivity index (χ0) is 18.7. The predicted molar refractivity (Wildman–Crippen MR) is 104 cm³/mol. The van der Waals surface area contributed by atoms with E-state index in [0.29, 0.717) is 50.6 Å². The number of aromatic nitrogens is 3. The SMILES string of the molecule is C=CCNc1nc(N2CC(N)CC(N)C2)nc(N2CC(N)CC(N)C2)n1. The minimum Gasteiger partial charge on any atom is -0.351 e. The standard InChI is InChI=1S/C16H30N10/c1-2-3-21-14-22-15(25-6-10(17)4-11(18)7-25)24-16(23-14)26-8-12(19)5-13(20)9-26/h2,10-13H,1,3-9,17-20H2,(H,21,22,23,24). The Hall–Kier alpha value is -2.01. The van der Waals surface area contributed by atoms with Crippen LogP contribution in [0, 0.1) is 0 Å². The summed E-state index contributed by atoms with van der Waals surface area (Å²) in [5.41, 5.74) is 24.5. The molecule has 0 spiro atoms. The number of hydrogen-bond acceptors (Lipinski definition) is 10. The fourth-order valence-corrected chi connectivity index (χ4v) is 3.56. The van der Waals surface area contributed by atoms with Gasteiger partial charge in [0.15, 0.2) is 0 Å². The van der Waals surface area contributed by atoms with Gasteiger partial charge in [0.2, 0.25) is 17.8 Å². The van der Waals surface area contributed by atoms with Crippen LogP contribution in [0.1, 0.15) is 12.8 Å². The normalized spacial score (nSPS) is 29.5. The van der Waals surface area contributed by atoms with Crippen molar-refractivity contribution >= 4 is 17.8 Å². The van der Waals surface area contributed by atoms with E-state index in [-0.39, 0.29) is 24.2 Å². The average molecular weight is 362 g/mol. The van der Waals surface area contributed by atoms with Crippen molar-refractivity contribution in [3.05, 3.63) is 12.7 Å². The quantitative estimate of drug-likeness (QED) is 0.378. The maximum atomic E-state index is 6.12. The van der Waals surface area contributed by atoms with E-state index in [1.807, 2.05) is 9.80 Å². The van der Waals surface area contributed by atoms with E-state index in [9.17, 15) is 0 Å². The summed E-state index contributed by atoms with van der Waals surface area (Å²) in [6.07, 6.45) is 3.35. The van der Waals surface area contributed by atoms with Gasteiger partial charge in [0.25, 0.3) is 0 Å². The fourth-order valence-electron chi connectivity index (χ4n) is 3.56. The number of nitrogens with zero attached hydrogens (tertiary/aromatic N) is 5. The molecule has 0 bridgehead atoms. The molecule has 2 aliphatic heterocycles. The number of nitrogens with one attached hydrogen (secondary N) is 1. The Morgan fingerprint density at radius 1 is 0.846 bits per heavy atom. The van der Waals surface area contributed by atoms with Crippen LogP contribution < -0.4 is 38.1 Å². The molecule has 3 heterocycles. The van der Waals surface area contributed by atoms with Crippen LogP contribution >= 0.6 is 0 Å². The van der Waals surface area contributed by atoms with Gasteiger partial charge < -0.3 is 38.1 Å². The van der Waals surface area contributed by atoms with Crippen molar-refractivity contribution in [2.75, 3.05) is 47.8 Å². The van der Waals surface area contributed by atoms with Gasteiger partial charge in [-0.25, -0.2) is 0 Å². The molecule has 0 aromatic carbocycles. The molecule has 1 aromatic rings. The molecule has 4 unspecified atom stereocenters. The number of piperidine rings is 2. The smallest absolute Gasteiger partial charge is 0.232 e. The molecule has 2 fully saturated rings. The number of anilines is 3. The van der Waals surface area contributed by atoms with Crippen LogP contribution in [0.3, 0.4) is 0 Å². The van der Waals surface area contributed by atoms with Gasteiger partial charge in [-0.05, 0) is 12.8 Å². The summed E-state index contributed by atoms with van der Waals surface area (Å²) in [6.45, 7) is 6.93. The minimum atomic E-state index is 0.000353. The van der Waals surface area contributed by atoms with Crippen molar-refractivity contribution in [2.45, 2.75) is 37.0 Å². The van der Waals surface area contributed by atoms with Crippen molar-refractivity contribution in [1.29, 1.82) is 0 Å². The lowest BCUT2D eigenvalue weighted by Crippen LogP contribution is -2.54. The molecule has 144 valence electrons. The molecule has 0 aliphatic carbocycles. The maximum absolute atomic E-state index is 6.12. The van der Waals surface area contributed by atoms with Crippen LogP contribution in [0.5, 0.6) is 0 Å². The summed E-state index contributed by atoms with van der Waals surface area (Å²) in [4.78, 5) is 17.8. The van der Waals surface area contributed by atoms with Crippen molar-refractivity contribution in [3.8, 4) is 0 Å². The molecule has 2 aliphatic rings. The van der Waals surface area contributed by atoms with Gasteiger partial charge in [-0.1, -0.05) is 6.08 Å². The zero-order valence-corrected chi connectivity index (χ0v) is 15.1. The Balaban J connectivity index is 1.89. The third-order valence-electron chi connectivity index (χ3n) is 4.61. The third-order valence-corrected chi connectivity index (χ3v) is 4.61. The molecule has 10 nitrogen and oxygen atoms in total. The van der Waals surface area contributed by atoms with Crippen LogP contribution in [0.4, 0.5) is 17.8 Å². The molecule has 10 heteroatoms. The molecule has 4 atom stereocenters. The van der Waals surface area contributed by atoms with E-state index < -0.39 is 0 Å². The lowest BCUT2D eigenvalue weighted by atomic mass is 10.0. The Labute approximate surface area is 154 Å². The Morgan fingerprint density at radius 2 is 1.27 bits per heavy atom. The first-order chi connectivity index (χ1) is 12.4. The first-order valence-corrected chi connectivity index (χ1v) is 9.07. The van der Waals surface area contributed by atoms with Crippen molar-refractivity contribution in [3.63, 3.8) is 0 Å². The topological polar surface area (TPSA) is 161 Å². The summed E-state index contributed by atoms with van der Waals surface area (Å²) < 4.78 is 0. The van der Waals surface area contributed by atoms with Crippen molar-refractivity contribution < 1.29 is 0 Å². The lowest BCUT2D eigenvalue weighted by Gasteiger charge is -2.37. The van der Waals surface area contributed by atoms with Crippen LogP contribution in [0.2, 0.25) is 0 Å². The zero-order valence-electron chi connectivity index (χ0n) is 15.1. The highest BCUT2D eigenvalue weighted by Gasteiger charge is 2.28. The Morgan fingerprint density at radius 3 is 1.65 bits per heavy atom. The van der Waals surface area contributed by atoms with Gasteiger partial charge in [-0.15, -0.1) is 6.58 Å². The summed E-state index contributed by atoms with van der Waals surface area (Å²) in [5.74, 6) is 1.63. The van der Waals surface area contributed by atoms with Crippen LogP contribution in [0.15, 0.2) is 12.7 Å². The molecule has 1 aromatic heterocycles. The average Bonchev–Trinajstić information content (AvgIpc) is 2.58. The van der Waals surface area contributed by atoms with Crippen molar-refractivity contribution in [1.82, 2.24) is 15.0 Å². The van der Waals surface area contributed by atoms with E-state index in [1.165, 1.54) is 0 Å². The van der Waals surface area contributed by atoms with Crippen molar-refractivity contribution in [2.24, 2.45) is 22.9 Å². The molecule has 3 rings (SSSR count). The second-order valence-corrected chi connectivity index (χ2v) is 7.25. The van der Waals surface area contributed by atoms with Gasteiger partial charge >= 0.3 is 0 Å². The number of rotatable bonds is 5. The summed E-state index contributed by atoms with van der Waals surface area (Å²) in [6, 6.07) is 0.00141. The highest BCUT2D eigenvalue weighted by molar-refractivity contribution is 5.46. The van der Waals surface area contributed by atoms with Gasteiger partial charge in [0.05, 0.1) is 0 Å². The largest absolute Gasteiger partial charge is 0.351 e. The molecular formula is C16H30N10. The monoisotopic (exact) mass is 362 g/mol. The lowest BCUT2D eigenvalue weighted by molar-refractivity contribution is 0.441.